The lowest BCUT2D eigenvalue weighted by molar-refractivity contribution is 0.0844. The Morgan fingerprint density at radius 3 is 3.05 bits per heavy atom. The Morgan fingerprint density at radius 1 is 1.50 bits per heavy atom. The SMILES string of the molecule is C=CCN1CC(O)[N+]([O-])(c2nnc(SCCCCCC)s2)C1. The number of β-amino-alcohol motifs (C(OH)–C–C–N with tert-alkyl or cyclic N) is 1. The van der Waals surface area contributed by atoms with E-state index in [-0.39, 0.29) is 6.67 Å². The van der Waals surface area contributed by atoms with Gasteiger partial charge in [-0.15, -0.1) is 11.7 Å². The van der Waals surface area contributed by atoms with Crippen LogP contribution in [0.5, 0.6) is 0 Å². The topological polar surface area (TPSA) is 72.3 Å². The number of unbranched alkanes of at least 4 members (excludes halogenated alkanes) is 3. The van der Waals surface area contributed by atoms with Gasteiger partial charge in [0.25, 0.3) is 0 Å². The van der Waals surface area contributed by atoms with Crippen molar-refractivity contribution in [3.8, 4) is 0 Å². The molecule has 0 saturated carbocycles. The largest absolute Gasteiger partial charge is 0.623 e. The van der Waals surface area contributed by atoms with E-state index in [1.807, 2.05) is 4.90 Å². The van der Waals surface area contributed by atoms with Crippen molar-refractivity contribution in [3.63, 3.8) is 0 Å². The van der Waals surface area contributed by atoms with Gasteiger partial charge in [-0.1, -0.05) is 49.1 Å². The van der Waals surface area contributed by atoms with Crippen molar-refractivity contribution in [2.24, 2.45) is 0 Å². The van der Waals surface area contributed by atoms with Crippen molar-refractivity contribution in [2.75, 3.05) is 25.5 Å². The summed E-state index contributed by atoms with van der Waals surface area (Å²) in [6.07, 6.45) is 5.60. The van der Waals surface area contributed by atoms with E-state index in [0.29, 0.717) is 18.2 Å². The van der Waals surface area contributed by atoms with Crippen molar-refractivity contribution in [1.29, 1.82) is 0 Å². The van der Waals surface area contributed by atoms with Gasteiger partial charge in [-0.05, 0) is 17.8 Å². The predicted octanol–water partition coefficient (Wildman–Crippen LogP) is 2.79. The van der Waals surface area contributed by atoms with E-state index in [1.165, 1.54) is 30.6 Å². The lowest BCUT2D eigenvalue weighted by atomic mass is 10.2. The molecule has 0 amide bonds. The highest BCUT2D eigenvalue weighted by Gasteiger charge is 2.42. The minimum atomic E-state index is -1.00. The summed E-state index contributed by atoms with van der Waals surface area (Å²) in [7, 11) is 0. The standard InChI is InChI=1S/C14H24N4O2S2/c1-3-5-6-7-9-21-14-16-15-13(22-14)18(20)11-17(8-4-2)10-12(18)19/h4,12,19H,2-3,5-11H2,1H3. The minimum Gasteiger partial charge on any atom is -0.623 e. The van der Waals surface area contributed by atoms with Crippen molar-refractivity contribution in [1.82, 2.24) is 19.7 Å². The number of hydrogen-bond donors (Lipinski definition) is 1. The van der Waals surface area contributed by atoms with Crippen LogP contribution in [0.25, 0.3) is 0 Å². The van der Waals surface area contributed by atoms with E-state index in [4.69, 9.17) is 0 Å². The first-order valence-electron chi connectivity index (χ1n) is 7.67. The Labute approximate surface area is 140 Å². The van der Waals surface area contributed by atoms with Crippen LogP contribution >= 0.6 is 23.1 Å². The molecule has 2 atom stereocenters. The van der Waals surface area contributed by atoms with Crippen molar-refractivity contribution in [3.05, 3.63) is 17.9 Å². The fourth-order valence-electron chi connectivity index (χ4n) is 2.42. The summed E-state index contributed by atoms with van der Waals surface area (Å²) in [6.45, 7) is 6.99. The quantitative estimate of drug-likeness (QED) is 0.244. The van der Waals surface area contributed by atoms with Crippen LogP contribution in [0.15, 0.2) is 17.0 Å². The number of hydroxylamine groups is 2. The second kappa shape index (κ2) is 8.37. The molecule has 1 fully saturated rings. The van der Waals surface area contributed by atoms with Crippen LogP contribution in [0.3, 0.4) is 0 Å². The highest BCUT2D eigenvalue weighted by molar-refractivity contribution is 8.01. The summed E-state index contributed by atoms with van der Waals surface area (Å²) in [5.74, 6) is 0.999. The van der Waals surface area contributed by atoms with Gasteiger partial charge in [-0.25, -0.2) is 4.90 Å². The highest BCUT2D eigenvalue weighted by Crippen LogP contribution is 2.36. The van der Waals surface area contributed by atoms with Crippen LogP contribution < -0.4 is 4.65 Å². The third-order valence-electron chi connectivity index (χ3n) is 3.64. The summed E-state index contributed by atoms with van der Waals surface area (Å²) in [6, 6.07) is 0. The Bertz CT molecular complexity index is 485. The van der Waals surface area contributed by atoms with E-state index < -0.39 is 10.9 Å². The van der Waals surface area contributed by atoms with Crippen LogP contribution in [0.2, 0.25) is 0 Å². The molecule has 124 valence electrons. The van der Waals surface area contributed by atoms with E-state index in [1.54, 1.807) is 17.8 Å². The Morgan fingerprint density at radius 2 is 2.32 bits per heavy atom. The van der Waals surface area contributed by atoms with E-state index in [2.05, 4.69) is 23.7 Å². The van der Waals surface area contributed by atoms with Gasteiger partial charge in [-0.3, -0.25) is 4.65 Å². The molecule has 6 nitrogen and oxygen atoms in total. The Balaban J connectivity index is 1.91. The molecule has 2 unspecified atom stereocenters. The van der Waals surface area contributed by atoms with E-state index in [9.17, 15) is 10.3 Å². The van der Waals surface area contributed by atoms with E-state index >= 15 is 0 Å². The lowest BCUT2D eigenvalue weighted by Gasteiger charge is -2.36. The Hall–Kier alpha value is -0.510. The number of quaternary nitrogens is 1. The van der Waals surface area contributed by atoms with Gasteiger partial charge in [0.2, 0.25) is 6.23 Å². The molecule has 2 heterocycles. The van der Waals surface area contributed by atoms with Crippen LogP contribution in [0, 0.1) is 5.21 Å². The third-order valence-corrected chi connectivity index (χ3v) is 5.90. The lowest BCUT2D eigenvalue weighted by Crippen LogP contribution is -2.48. The zero-order valence-electron chi connectivity index (χ0n) is 13.0. The second-order valence-electron chi connectivity index (χ2n) is 5.50. The summed E-state index contributed by atoms with van der Waals surface area (Å²) in [5.41, 5.74) is 0. The number of hydrogen-bond acceptors (Lipinski definition) is 7. The number of aliphatic hydroxyl groups is 1. The molecule has 0 bridgehead atoms. The summed E-state index contributed by atoms with van der Waals surface area (Å²) in [4.78, 5) is 1.88. The van der Waals surface area contributed by atoms with Crippen LogP contribution in [-0.2, 0) is 0 Å². The first-order valence-corrected chi connectivity index (χ1v) is 9.47. The molecule has 1 aromatic rings. The van der Waals surface area contributed by atoms with Gasteiger partial charge in [0.05, 0.1) is 6.54 Å². The van der Waals surface area contributed by atoms with Crippen LogP contribution in [-0.4, -0.2) is 51.9 Å². The molecule has 22 heavy (non-hydrogen) atoms. The van der Waals surface area contributed by atoms with Gasteiger partial charge in [-0.2, -0.15) is 0 Å². The molecule has 0 spiro atoms. The molecule has 1 aliphatic rings. The fraction of sp³-hybridized carbons (Fsp3) is 0.714. The normalized spacial score (nSPS) is 25.7. The van der Waals surface area contributed by atoms with Crippen LogP contribution in [0.1, 0.15) is 32.6 Å². The van der Waals surface area contributed by atoms with Crippen molar-refractivity contribution < 1.29 is 5.11 Å². The molecule has 1 N–H and O–H groups in total. The first-order chi connectivity index (χ1) is 10.6. The monoisotopic (exact) mass is 344 g/mol. The molecular weight excluding hydrogens is 320 g/mol. The fourth-order valence-corrected chi connectivity index (χ4v) is 4.40. The van der Waals surface area contributed by atoms with Gasteiger partial charge in [0, 0.05) is 12.3 Å². The summed E-state index contributed by atoms with van der Waals surface area (Å²) < 4.78 is -0.00347. The molecule has 0 radical (unpaired) electrons. The molecule has 0 aromatic carbocycles. The average Bonchev–Trinajstić information content (AvgIpc) is 3.06. The van der Waals surface area contributed by atoms with Crippen molar-refractivity contribution >= 4 is 28.2 Å². The molecule has 1 aromatic heterocycles. The first kappa shape index (κ1) is 17.8. The van der Waals surface area contributed by atoms with Gasteiger partial charge >= 0.3 is 5.13 Å². The summed E-state index contributed by atoms with van der Waals surface area (Å²) >= 11 is 2.95. The molecule has 0 aliphatic carbocycles. The minimum absolute atomic E-state index is 0.197. The smallest absolute Gasteiger partial charge is 0.310 e. The van der Waals surface area contributed by atoms with Gasteiger partial charge < -0.3 is 10.3 Å². The molecule has 8 heteroatoms. The number of rotatable bonds is 9. The highest BCUT2D eigenvalue weighted by atomic mass is 32.2. The molecular formula is C14H24N4O2S2. The third kappa shape index (κ3) is 4.27. The number of aliphatic hydroxyl groups excluding tert-OH is 1. The number of aromatic nitrogens is 2. The molecule has 1 saturated heterocycles. The predicted molar refractivity (Wildman–Crippen MR) is 92.6 cm³/mol. The number of thioether (sulfide) groups is 1. The Kier molecular flexibility index (Phi) is 6.79. The second-order valence-corrected chi connectivity index (χ2v) is 7.80. The van der Waals surface area contributed by atoms with Gasteiger partial charge in [0.1, 0.15) is 6.67 Å². The summed E-state index contributed by atoms with van der Waals surface area (Å²) in [5, 5.41) is 31.4. The average molecular weight is 345 g/mol. The molecule has 2 rings (SSSR count). The van der Waals surface area contributed by atoms with Crippen LogP contribution in [0.4, 0.5) is 5.13 Å². The maximum Gasteiger partial charge on any atom is 0.310 e. The maximum atomic E-state index is 12.9. The molecule has 1 aliphatic heterocycles. The zero-order chi connectivity index (χ0) is 16.0. The van der Waals surface area contributed by atoms with Crippen molar-refractivity contribution in [2.45, 2.75) is 43.2 Å². The zero-order valence-corrected chi connectivity index (χ0v) is 14.6. The van der Waals surface area contributed by atoms with E-state index in [0.717, 1.165) is 16.5 Å². The maximum absolute atomic E-state index is 12.9. The van der Waals surface area contributed by atoms with Gasteiger partial charge in [0.15, 0.2) is 4.34 Å². The number of nitrogens with zero attached hydrogens (tertiary/aromatic N) is 4.